The predicted octanol–water partition coefficient (Wildman–Crippen LogP) is 4.18. The lowest BCUT2D eigenvalue weighted by Crippen LogP contribution is -2.06. The number of nitrogens with zero attached hydrogens (tertiary/aromatic N) is 5. The van der Waals surface area contributed by atoms with Gasteiger partial charge in [-0.15, -0.1) is 0 Å². The number of rotatable bonds is 5. The number of hydrogen-bond acceptors (Lipinski definition) is 3. The summed E-state index contributed by atoms with van der Waals surface area (Å²) >= 11 is 2.23. The van der Waals surface area contributed by atoms with Crippen LogP contribution in [0, 0.1) is 0 Å². The van der Waals surface area contributed by atoms with Crippen LogP contribution in [0.15, 0.2) is 47.5 Å². The molecule has 0 saturated carbocycles. The van der Waals surface area contributed by atoms with E-state index in [2.05, 4.69) is 68.1 Å². The zero-order valence-electron chi connectivity index (χ0n) is 13.1. The molecule has 118 valence electrons. The maximum atomic E-state index is 4.61. The molecule has 0 aliphatic carbocycles. The van der Waals surface area contributed by atoms with Crippen LogP contribution in [0.1, 0.15) is 31.1 Å². The third-order valence-electron chi connectivity index (χ3n) is 3.55. The van der Waals surface area contributed by atoms with Gasteiger partial charge in [0.15, 0.2) is 0 Å². The van der Waals surface area contributed by atoms with Gasteiger partial charge < -0.3 is 9.13 Å². The summed E-state index contributed by atoms with van der Waals surface area (Å²) < 4.78 is 6.26. The Morgan fingerprint density at radius 3 is 2.78 bits per heavy atom. The summed E-state index contributed by atoms with van der Waals surface area (Å²) in [5.41, 5.74) is 3.26. The highest BCUT2D eigenvalue weighted by atomic mass is 127. The fraction of sp³-hybridized carbons (Fsp3) is 0.235. The van der Waals surface area contributed by atoms with E-state index in [9.17, 15) is 0 Å². The lowest BCUT2D eigenvalue weighted by molar-refractivity contribution is 0.602. The highest BCUT2D eigenvalue weighted by molar-refractivity contribution is 14.1. The van der Waals surface area contributed by atoms with Crippen LogP contribution in [0.4, 0.5) is 0 Å². The minimum Gasteiger partial charge on any atom is -0.333 e. The fourth-order valence-electron chi connectivity index (χ4n) is 2.61. The highest BCUT2D eigenvalue weighted by Crippen LogP contribution is 2.25. The molecular formula is C17H18IN5. The Balaban J connectivity index is 1.99. The molecule has 3 aromatic heterocycles. The van der Waals surface area contributed by atoms with E-state index < -0.39 is 0 Å². The molecule has 0 unspecified atom stereocenters. The van der Waals surface area contributed by atoms with Gasteiger partial charge in [-0.1, -0.05) is 22.6 Å². The van der Waals surface area contributed by atoms with E-state index in [4.69, 9.17) is 0 Å². The first-order valence-electron chi connectivity index (χ1n) is 7.43. The summed E-state index contributed by atoms with van der Waals surface area (Å²) in [6.45, 7) is 5.08. The van der Waals surface area contributed by atoms with Crippen molar-refractivity contribution >= 4 is 28.7 Å². The van der Waals surface area contributed by atoms with Gasteiger partial charge >= 0.3 is 0 Å². The van der Waals surface area contributed by atoms with Crippen molar-refractivity contribution in [3.63, 3.8) is 0 Å². The molecule has 0 N–H and O–H groups in total. The molecule has 0 saturated heterocycles. The number of hydrogen-bond donors (Lipinski definition) is 0. The van der Waals surface area contributed by atoms with Crippen molar-refractivity contribution in [2.45, 2.75) is 26.4 Å². The molecule has 0 atom stereocenters. The van der Waals surface area contributed by atoms with Crippen molar-refractivity contribution in [3.8, 4) is 11.4 Å². The highest BCUT2D eigenvalue weighted by Gasteiger charge is 2.13. The number of halogens is 1. The zero-order chi connectivity index (χ0) is 16.2. The molecule has 0 amide bonds. The minimum atomic E-state index is 0.326. The smallest absolute Gasteiger partial charge is 0.142 e. The van der Waals surface area contributed by atoms with Gasteiger partial charge in [0.05, 0.1) is 24.8 Å². The maximum absolute atomic E-state index is 4.61. The Hall–Kier alpha value is -1.96. The van der Waals surface area contributed by atoms with Gasteiger partial charge in [-0.25, -0.2) is 9.97 Å². The zero-order valence-corrected chi connectivity index (χ0v) is 15.3. The van der Waals surface area contributed by atoms with Crippen LogP contribution in [-0.4, -0.2) is 24.1 Å². The molecule has 5 nitrogen and oxygen atoms in total. The van der Waals surface area contributed by atoms with Crippen molar-refractivity contribution in [2.75, 3.05) is 0 Å². The predicted molar refractivity (Wildman–Crippen MR) is 100 cm³/mol. The van der Waals surface area contributed by atoms with Crippen LogP contribution in [0.3, 0.4) is 0 Å². The van der Waals surface area contributed by atoms with E-state index in [1.807, 2.05) is 39.8 Å². The van der Waals surface area contributed by atoms with Gasteiger partial charge in [0.2, 0.25) is 0 Å². The second-order valence-corrected chi connectivity index (χ2v) is 6.30. The average Bonchev–Trinajstić information content (AvgIpc) is 3.17. The standard InChI is InChI=1S/C17H18IN5/c1-13(2)23-16(3-4-18)10-21-17(23)15-7-14(8-20-9-15)11-22-6-5-19-12-22/h3-10,12-13H,11H2,1-2H3/b4-3+. The topological polar surface area (TPSA) is 48.5 Å². The normalized spacial score (nSPS) is 11.7. The van der Waals surface area contributed by atoms with E-state index in [1.54, 1.807) is 6.20 Å². The fourth-order valence-corrected chi connectivity index (χ4v) is 2.97. The van der Waals surface area contributed by atoms with Gasteiger partial charge in [0.1, 0.15) is 5.82 Å². The summed E-state index contributed by atoms with van der Waals surface area (Å²) in [5, 5.41) is 0. The summed E-state index contributed by atoms with van der Waals surface area (Å²) in [6.07, 6.45) is 13.3. The van der Waals surface area contributed by atoms with Crippen LogP contribution in [0.25, 0.3) is 17.5 Å². The molecule has 3 rings (SSSR count). The summed E-state index contributed by atoms with van der Waals surface area (Å²) in [5.74, 6) is 0.949. The largest absolute Gasteiger partial charge is 0.333 e. The van der Waals surface area contributed by atoms with Crippen LogP contribution in [-0.2, 0) is 6.54 Å². The number of imidazole rings is 2. The van der Waals surface area contributed by atoms with E-state index in [1.165, 1.54) is 0 Å². The summed E-state index contributed by atoms with van der Waals surface area (Å²) in [7, 11) is 0. The number of pyridine rings is 1. The van der Waals surface area contributed by atoms with Gasteiger partial charge in [0.25, 0.3) is 0 Å². The van der Waals surface area contributed by atoms with Gasteiger partial charge in [0, 0.05) is 36.4 Å². The van der Waals surface area contributed by atoms with E-state index >= 15 is 0 Å². The van der Waals surface area contributed by atoms with Crippen molar-refractivity contribution in [2.24, 2.45) is 0 Å². The van der Waals surface area contributed by atoms with Crippen molar-refractivity contribution < 1.29 is 0 Å². The second kappa shape index (κ2) is 7.08. The van der Waals surface area contributed by atoms with Crippen LogP contribution in [0.2, 0.25) is 0 Å². The third kappa shape index (κ3) is 3.52. The maximum Gasteiger partial charge on any atom is 0.142 e. The van der Waals surface area contributed by atoms with E-state index in [0.29, 0.717) is 6.04 Å². The molecular weight excluding hydrogens is 401 g/mol. The minimum absolute atomic E-state index is 0.326. The molecule has 0 spiro atoms. The summed E-state index contributed by atoms with van der Waals surface area (Å²) in [6, 6.07) is 2.47. The Kier molecular flexibility index (Phi) is 4.90. The van der Waals surface area contributed by atoms with Crippen LogP contribution >= 0.6 is 22.6 Å². The van der Waals surface area contributed by atoms with Crippen LogP contribution < -0.4 is 0 Å². The Bertz CT molecular complexity index is 802. The third-order valence-corrected chi connectivity index (χ3v) is 3.91. The molecule has 0 aliphatic rings. The Morgan fingerprint density at radius 2 is 2.09 bits per heavy atom. The van der Waals surface area contributed by atoms with Gasteiger partial charge in [-0.05, 0) is 35.6 Å². The lowest BCUT2D eigenvalue weighted by Gasteiger charge is -2.14. The molecule has 3 aromatic rings. The first-order valence-corrected chi connectivity index (χ1v) is 8.67. The SMILES string of the molecule is CC(C)n1c(/C=C/I)cnc1-c1cncc(Cn2ccnc2)c1. The monoisotopic (exact) mass is 419 g/mol. The molecule has 23 heavy (non-hydrogen) atoms. The molecule has 0 fully saturated rings. The van der Waals surface area contributed by atoms with E-state index in [-0.39, 0.29) is 0 Å². The molecule has 0 aliphatic heterocycles. The van der Waals surface area contributed by atoms with Crippen molar-refractivity contribution in [1.29, 1.82) is 0 Å². The molecule has 0 radical (unpaired) electrons. The first-order chi connectivity index (χ1) is 11.2. The molecule has 6 heteroatoms. The molecule has 0 bridgehead atoms. The number of aromatic nitrogens is 5. The van der Waals surface area contributed by atoms with E-state index in [0.717, 1.165) is 29.2 Å². The quantitative estimate of drug-likeness (QED) is 0.584. The molecule has 3 heterocycles. The van der Waals surface area contributed by atoms with Crippen molar-refractivity contribution in [3.05, 3.63) is 58.7 Å². The summed E-state index contributed by atoms with van der Waals surface area (Å²) in [4.78, 5) is 13.1. The average molecular weight is 419 g/mol. The van der Waals surface area contributed by atoms with Gasteiger partial charge in [-0.3, -0.25) is 4.98 Å². The Labute approximate surface area is 149 Å². The van der Waals surface area contributed by atoms with Crippen molar-refractivity contribution in [1.82, 2.24) is 24.1 Å². The lowest BCUT2D eigenvalue weighted by atomic mass is 10.2. The second-order valence-electron chi connectivity index (χ2n) is 5.58. The Morgan fingerprint density at radius 1 is 1.22 bits per heavy atom. The molecule has 0 aromatic carbocycles. The first kappa shape index (κ1) is 15.9. The van der Waals surface area contributed by atoms with Crippen LogP contribution in [0.5, 0.6) is 0 Å². The van der Waals surface area contributed by atoms with Gasteiger partial charge in [-0.2, -0.15) is 0 Å².